The molecule has 0 aliphatic rings. The van der Waals surface area contributed by atoms with Crippen molar-refractivity contribution in [3.63, 3.8) is 0 Å². The maximum absolute atomic E-state index is 12.1. The van der Waals surface area contributed by atoms with Crippen LogP contribution >= 0.6 is 0 Å². The van der Waals surface area contributed by atoms with Gasteiger partial charge < -0.3 is 15.5 Å². The molecule has 2 amide bonds. The Morgan fingerprint density at radius 1 is 0.688 bits per heavy atom. The number of aryl methyl sites for hydroxylation is 4. The van der Waals surface area contributed by atoms with E-state index in [9.17, 15) is 19.7 Å². The van der Waals surface area contributed by atoms with Gasteiger partial charge in [-0.2, -0.15) is 9.97 Å². The number of nitrogens with two attached hydrogens (primary N) is 1. The van der Waals surface area contributed by atoms with E-state index in [1.807, 2.05) is 39.0 Å². The lowest BCUT2D eigenvalue weighted by atomic mass is 10.1. The Labute approximate surface area is 275 Å². The summed E-state index contributed by atoms with van der Waals surface area (Å²) in [7, 11) is 6.69. The van der Waals surface area contributed by atoms with Crippen molar-refractivity contribution in [3.8, 4) is 22.8 Å². The number of amides is 2. The predicted molar refractivity (Wildman–Crippen MR) is 178 cm³/mol. The molecule has 0 aliphatic heterocycles. The summed E-state index contributed by atoms with van der Waals surface area (Å²) in [5.74, 6) is 1.29. The highest BCUT2D eigenvalue weighted by molar-refractivity contribution is 5.93. The van der Waals surface area contributed by atoms with Gasteiger partial charge in [0.2, 0.25) is 0 Å². The molecule has 4 heterocycles. The van der Waals surface area contributed by atoms with Crippen molar-refractivity contribution < 1.29 is 14.5 Å². The molecule has 0 radical (unpaired) electrons. The van der Waals surface area contributed by atoms with Crippen LogP contribution in [0, 0.1) is 37.8 Å². The van der Waals surface area contributed by atoms with Gasteiger partial charge in [-0.25, -0.2) is 19.0 Å². The zero-order chi connectivity index (χ0) is 35.0. The number of hydrogen-bond acceptors (Lipinski definition) is 11. The molecule has 0 bridgehead atoms. The Morgan fingerprint density at radius 2 is 1.12 bits per heavy atom. The molecule has 0 atom stereocenters. The number of anilines is 1. The number of nitrogens with zero attached hydrogens (tertiary/aromatic N) is 11. The highest BCUT2D eigenvalue weighted by atomic mass is 16.6. The largest absolute Gasteiger partial charge is 0.399 e. The zero-order valence-corrected chi connectivity index (χ0v) is 27.7. The smallest absolute Gasteiger partial charge is 0.272 e. The van der Waals surface area contributed by atoms with E-state index in [1.54, 1.807) is 62.3 Å². The summed E-state index contributed by atoms with van der Waals surface area (Å²) in [6.07, 6.45) is 0. The summed E-state index contributed by atoms with van der Waals surface area (Å²) >= 11 is 0. The van der Waals surface area contributed by atoms with Crippen LogP contribution < -0.4 is 5.73 Å². The number of hydrogen-bond donors (Lipinski definition) is 1. The van der Waals surface area contributed by atoms with Crippen LogP contribution in [-0.4, -0.2) is 93.9 Å². The van der Waals surface area contributed by atoms with Crippen molar-refractivity contribution in [1.29, 1.82) is 0 Å². The summed E-state index contributed by atoms with van der Waals surface area (Å²) in [6, 6.07) is 13.4. The number of nitrogen functional groups attached to an aromatic ring is 1. The molecule has 4 aromatic heterocycles. The van der Waals surface area contributed by atoms with E-state index in [-0.39, 0.29) is 23.2 Å². The summed E-state index contributed by atoms with van der Waals surface area (Å²) < 4.78 is 3.18. The van der Waals surface area contributed by atoms with Crippen molar-refractivity contribution in [3.05, 3.63) is 92.5 Å². The predicted octanol–water partition coefficient (Wildman–Crippen LogP) is 3.71. The van der Waals surface area contributed by atoms with Gasteiger partial charge in [-0.15, -0.1) is 10.2 Å². The first-order chi connectivity index (χ1) is 22.6. The van der Waals surface area contributed by atoms with Crippen molar-refractivity contribution in [1.82, 2.24) is 49.0 Å². The number of non-ortho nitro benzene ring substituents is 1. The van der Waals surface area contributed by atoms with E-state index in [2.05, 4.69) is 30.1 Å². The first-order valence-electron chi connectivity index (χ1n) is 14.7. The van der Waals surface area contributed by atoms with Gasteiger partial charge in [0.15, 0.2) is 11.6 Å². The molecule has 2 N–H and O–H groups in total. The normalized spacial score (nSPS) is 10.9. The Bertz CT molecular complexity index is 2240. The first kappa shape index (κ1) is 33.1. The van der Waals surface area contributed by atoms with E-state index < -0.39 is 4.92 Å². The molecule has 0 spiro atoms. The second kappa shape index (κ2) is 12.8. The SMILES string of the molecule is Cc1cc(N)ccc1-c1nc2nc(C(=O)N(C)C)cc(C)n2n1.Cc1cc([N+](=O)[O-])ccc1-c1nc2nc(C(=O)N(C)C)cc(C)n2n1. The molecule has 6 rings (SSSR count). The van der Waals surface area contributed by atoms with E-state index in [0.717, 1.165) is 16.8 Å². The molecule has 48 heavy (non-hydrogen) atoms. The number of nitro benzene ring substituents is 1. The van der Waals surface area contributed by atoms with Gasteiger partial charge in [-0.1, -0.05) is 0 Å². The molecule has 0 unspecified atom stereocenters. The summed E-state index contributed by atoms with van der Waals surface area (Å²) in [4.78, 5) is 55.0. The lowest BCUT2D eigenvalue weighted by Gasteiger charge is -2.09. The van der Waals surface area contributed by atoms with Gasteiger partial charge in [-0.05, 0) is 75.2 Å². The number of rotatable bonds is 5. The minimum Gasteiger partial charge on any atom is -0.399 e. The van der Waals surface area contributed by atoms with Crippen LogP contribution in [0.4, 0.5) is 11.4 Å². The molecular weight excluding hydrogens is 616 g/mol. The fourth-order valence-electron chi connectivity index (χ4n) is 4.88. The fraction of sp³-hybridized carbons (Fsp3) is 0.250. The molecule has 6 aromatic rings. The average molecular weight is 651 g/mol. The number of nitro groups is 1. The van der Waals surface area contributed by atoms with Gasteiger partial charge in [0, 0.05) is 68.5 Å². The lowest BCUT2D eigenvalue weighted by Crippen LogP contribution is -2.23. The second-order valence-electron chi connectivity index (χ2n) is 11.6. The van der Waals surface area contributed by atoms with E-state index >= 15 is 0 Å². The highest BCUT2D eigenvalue weighted by Gasteiger charge is 2.19. The molecule has 0 saturated carbocycles. The second-order valence-corrected chi connectivity index (χ2v) is 11.6. The standard InChI is InChI=1S/C16H16N6O3.C16H18N6O/c1-9-7-11(22(24)25)5-6-12(9)14-18-16-17-13(15(23)20(3)4)8-10(2)21(16)19-14;1-9-7-11(17)5-6-12(9)14-19-16-18-13(15(23)21(3)4)8-10(2)22(16)20-14/h5-8H,1-4H3;5-8H,17H2,1-4H3. The van der Waals surface area contributed by atoms with Gasteiger partial charge in [-0.3, -0.25) is 19.7 Å². The van der Waals surface area contributed by atoms with Gasteiger partial charge in [0.05, 0.1) is 4.92 Å². The fourth-order valence-corrected chi connectivity index (χ4v) is 4.88. The number of carbonyl (C=O) groups excluding carboxylic acids is 2. The van der Waals surface area contributed by atoms with Gasteiger partial charge >= 0.3 is 0 Å². The van der Waals surface area contributed by atoms with Crippen LogP contribution in [0.1, 0.15) is 43.5 Å². The number of carbonyl (C=O) groups is 2. The third kappa shape index (κ3) is 6.48. The molecule has 2 aromatic carbocycles. The Morgan fingerprint density at radius 3 is 1.52 bits per heavy atom. The van der Waals surface area contributed by atoms with Crippen LogP contribution in [-0.2, 0) is 0 Å². The summed E-state index contributed by atoms with van der Waals surface area (Å²) in [5, 5.41) is 19.8. The molecule has 246 valence electrons. The van der Waals surface area contributed by atoms with Gasteiger partial charge in [0.1, 0.15) is 11.4 Å². The average Bonchev–Trinajstić information content (AvgIpc) is 3.65. The van der Waals surface area contributed by atoms with Crippen molar-refractivity contribution >= 4 is 34.7 Å². The molecule has 16 nitrogen and oxygen atoms in total. The molecule has 0 saturated heterocycles. The van der Waals surface area contributed by atoms with Crippen LogP contribution in [0.2, 0.25) is 0 Å². The lowest BCUT2D eigenvalue weighted by molar-refractivity contribution is -0.384. The topological polar surface area (TPSA) is 196 Å². The molecular formula is C32H34N12O4. The van der Waals surface area contributed by atoms with Crippen LogP contribution in [0.5, 0.6) is 0 Å². The third-order valence-electron chi connectivity index (χ3n) is 7.38. The molecule has 0 aliphatic carbocycles. The summed E-state index contributed by atoms with van der Waals surface area (Å²) in [5.41, 5.74) is 11.9. The van der Waals surface area contributed by atoms with Crippen molar-refractivity contribution in [2.45, 2.75) is 27.7 Å². The first-order valence-corrected chi connectivity index (χ1v) is 14.7. The Balaban J connectivity index is 0.000000188. The monoisotopic (exact) mass is 650 g/mol. The zero-order valence-electron chi connectivity index (χ0n) is 27.7. The van der Waals surface area contributed by atoms with Crippen LogP contribution in [0.3, 0.4) is 0 Å². The minimum absolute atomic E-state index is 0.0122. The summed E-state index contributed by atoms with van der Waals surface area (Å²) in [6.45, 7) is 7.39. The van der Waals surface area contributed by atoms with Gasteiger partial charge in [0.25, 0.3) is 29.1 Å². The highest BCUT2D eigenvalue weighted by Crippen LogP contribution is 2.26. The quantitative estimate of drug-likeness (QED) is 0.162. The number of aromatic nitrogens is 8. The Hall–Kier alpha value is -6.32. The molecule has 16 heteroatoms. The Kier molecular flexibility index (Phi) is 8.83. The van der Waals surface area contributed by atoms with Crippen molar-refractivity contribution in [2.75, 3.05) is 33.9 Å². The van der Waals surface area contributed by atoms with Crippen LogP contribution in [0.15, 0.2) is 48.5 Å². The van der Waals surface area contributed by atoms with E-state index in [0.29, 0.717) is 51.4 Å². The maximum atomic E-state index is 12.1. The molecule has 0 fully saturated rings. The maximum Gasteiger partial charge on any atom is 0.272 e. The van der Waals surface area contributed by atoms with E-state index in [1.165, 1.54) is 21.9 Å². The minimum atomic E-state index is -0.446. The number of fused-ring (bicyclic) bond motifs is 2. The van der Waals surface area contributed by atoms with Crippen LogP contribution in [0.25, 0.3) is 34.3 Å². The number of benzene rings is 2. The van der Waals surface area contributed by atoms with E-state index in [4.69, 9.17) is 5.73 Å². The van der Waals surface area contributed by atoms with Crippen molar-refractivity contribution in [2.24, 2.45) is 0 Å². The third-order valence-corrected chi connectivity index (χ3v) is 7.38.